The summed E-state index contributed by atoms with van der Waals surface area (Å²) in [5.41, 5.74) is 1.74. The standard InChI is InChI=1S/C15H23BrN2O3S/c1-4-5-9-18(22(3,20)21)10-8-15(19)17-13-6-7-14(16)12(2)11-13/h6-7,11H,4-5,8-10H2,1-3H3,(H,17,19). The van der Waals surface area contributed by atoms with Gasteiger partial charge in [-0.15, -0.1) is 0 Å². The zero-order chi connectivity index (χ0) is 16.8. The Morgan fingerprint density at radius 2 is 2.00 bits per heavy atom. The van der Waals surface area contributed by atoms with E-state index in [2.05, 4.69) is 21.2 Å². The summed E-state index contributed by atoms with van der Waals surface area (Å²) in [4.78, 5) is 12.0. The van der Waals surface area contributed by atoms with Gasteiger partial charge in [-0.25, -0.2) is 12.7 Å². The summed E-state index contributed by atoms with van der Waals surface area (Å²) in [5, 5.41) is 2.79. The first-order valence-electron chi connectivity index (χ1n) is 7.25. The fraction of sp³-hybridized carbons (Fsp3) is 0.533. The molecule has 0 saturated carbocycles. The molecule has 1 N–H and O–H groups in total. The van der Waals surface area contributed by atoms with E-state index in [1.54, 1.807) is 6.07 Å². The van der Waals surface area contributed by atoms with E-state index in [-0.39, 0.29) is 18.9 Å². The second-order valence-corrected chi connectivity index (χ2v) is 8.11. The Morgan fingerprint density at radius 3 is 2.55 bits per heavy atom. The van der Waals surface area contributed by atoms with Gasteiger partial charge in [0.15, 0.2) is 0 Å². The third-order valence-electron chi connectivity index (χ3n) is 3.26. The van der Waals surface area contributed by atoms with Gasteiger partial charge in [-0.05, 0) is 37.1 Å². The van der Waals surface area contributed by atoms with E-state index in [9.17, 15) is 13.2 Å². The van der Waals surface area contributed by atoms with Crippen molar-refractivity contribution < 1.29 is 13.2 Å². The second-order valence-electron chi connectivity index (χ2n) is 5.28. The highest BCUT2D eigenvalue weighted by atomic mass is 79.9. The molecule has 0 aliphatic heterocycles. The number of carbonyl (C=O) groups excluding carboxylic acids is 1. The van der Waals surface area contributed by atoms with Crippen LogP contribution in [0.1, 0.15) is 31.7 Å². The monoisotopic (exact) mass is 390 g/mol. The lowest BCUT2D eigenvalue weighted by Gasteiger charge is -2.19. The number of amides is 1. The van der Waals surface area contributed by atoms with Crippen LogP contribution in [-0.2, 0) is 14.8 Å². The number of aryl methyl sites for hydroxylation is 1. The van der Waals surface area contributed by atoms with Gasteiger partial charge in [0, 0.05) is 29.7 Å². The first kappa shape index (κ1) is 19.1. The molecule has 1 rings (SSSR count). The first-order chi connectivity index (χ1) is 10.2. The number of rotatable bonds is 8. The molecule has 0 unspecified atom stereocenters. The van der Waals surface area contributed by atoms with Gasteiger partial charge in [0.05, 0.1) is 6.26 Å². The number of unbranched alkanes of at least 4 members (excludes halogenated alkanes) is 1. The third-order valence-corrected chi connectivity index (χ3v) is 5.45. The highest BCUT2D eigenvalue weighted by molar-refractivity contribution is 9.10. The maximum absolute atomic E-state index is 12.0. The fourth-order valence-corrected chi connectivity index (χ4v) is 3.08. The number of hydrogen-bond donors (Lipinski definition) is 1. The molecule has 22 heavy (non-hydrogen) atoms. The molecule has 0 aliphatic carbocycles. The number of sulfonamides is 1. The van der Waals surface area contributed by atoms with E-state index < -0.39 is 10.0 Å². The van der Waals surface area contributed by atoms with Gasteiger partial charge in [-0.1, -0.05) is 29.3 Å². The molecule has 0 aromatic heterocycles. The number of anilines is 1. The largest absolute Gasteiger partial charge is 0.326 e. The van der Waals surface area contributed by atoms with Crippen molar-refractivity contribution >= 4 is 37.5 Å². The Kier molecular flexibility index (Phi) is 7.52. The van der Waals surface area contributed by atoms with Gasteiger partial charge in [-0.2, -0.15) is 0 Å². The lowest BCUT2D eigenvalue weighted by Crippen LogP contribution is -2.33. The molecule has 7 heteroatoms. The molecule has 0 heterocycles. The van der Waals surface area contributed by atoms with Crippen LogP contribution < -0.4 is 5.32 Å². The molecule has 0 bridgehead atoms. The summed E-state index contributed by atoms with van der Waals surface area (Å²) >= 11 is 3.41. The lowest BCUT2D eigenvalue weighted by atomic mass is 10.2. The lowest BCUT2D eigenvalue weighted by molar-refractivity contribution is -0.116. The van der Waals surface area contributed by atoms with Crippen LogP contribution >= 0.6 is 15.9 Å². The molecule has 0 aliphatic rings. The zero-order valence-electron chi connectivity index (χ0n) is 13.2. The Labute approximate surface area is 141 Å². The van der Waals surface area contributed by atoms with Crippen molar-refractivity contribution in [3.05, 3.63) is 28.2 Å². The molecule has 0 fully saturated rings. The maximum atomic E-state index is 12.0. The third kappa shape index (κ3) is 6.46. The smallest absolute Gasteiger partial charge is 0.225 e. The predicted octanol–water partition coefficient (Wildman–Crippen LogP) is 3.15. The molecular formula is C15H23BrN2O3S. The van der Waals surface area contributed by atoms with E-state index in [1.165, 1.54) is 10.6 Å². The van der Waals surface area contributed by atoms with Crippen LogP contribution in [-0.4, -0.2) is 38.0 Å². The van der Waals surface area contributed by atoms with Gasteiger partial charge >= 0.3 is 0 Å². The Balaban J connectivity index is 2.58. The molecule has 1 amide bonds. The summed E-state index contributed by atoms with van der Waals surface area (Å²) < 4.78 is 25.7. The predicted molar refractivity (Wildman–Crippen MR) is 93.5 cm³/mol. The van der Waals surface area contributed by atoms with E-state index in [4.69, 9.17) is 0 Å². The Hall–Kier alpha value is -0.920. The number of halogens is 1. The minimum absolute atomic E-state index is 0.145. The molecule has 0 saturated heterocycles. The van der Waals surface area contributed by atoms with E-state index >= 15 is 0 Å². The van der Waals surface area contributed by atoms with E-state index in [0.717, 1.165) is 22.9 Å². The number of benzene rings is 1. The van der Waals surface area contributed by atoms with Crippen molar-refractivity contribution in [1.29, 1.82) is 0 Å². The average molecular weight is 391 g/mol. The van der Waals surface area contributed by atoms with Crippen LogP contribution in [0.3, 0.4) is 0 Å². The maximum Gasteiger partial charge on any atom is 0.225 e. The van der Waals surface area contributed by atoms with Crippen LogP contribution in [0.25, 0.3) is 0 Å². The van der Waals surface area contributed by atoms with Crippen LogP contribution in [0.4, 0.5) is 5.69 Å². The van der Waals surface area contributed by atoms with Crippen LogP contribution in [0.5, 0.6) is 0 Å². The summed E-state index contributed by atoms with van der Waals surface area (Å²) in [6.45, 7) is 4.61. The van der Waals surface area contributed by atoms with Crippen molar-refractivity contribution in [1.82, 2.24) is 4.31 Å². The number of hydrogen-bond acceptors (Lipinski definition) is 3. The highest BCUT2D eigenvalue weighted by Crippen LogP contribution is 2.20. The van der Waals surface area contributed by atoms with E-state index in [0.29, 0.717) is 12.2 Å². The topological polar surface area (TPSA) is 66.5 Å². The molecule has 0 radical (unpaired) electrons. The minimum Gasteiger partial charge on any atom is -0.326 e. The molecule has 0 spiro atoms. The van der Waals surface area contributed by atoms with Crippen LogP contribution in [0.2, 0.25) is 0 Å². The first-order valence-corrected chi connectivity index (χ1v) is 9.89. The van der Waals surface area contributed by atoms with Gasteiger partial charge in [0.2, 0.25) is 15.9 Å². The summed E-state index contributed by atoms with van der Waals surface area (Å²) in [5.74, 6) is -0.188. The number of nitrogens with zero attached hydrogens (tertiary/aromatic N) is 1. The highest BCUT2D eigenvalue weighted by Gasteiger charge is 2.17. The summed E-state index contributed by atoms with van der Waals surface area (Å²) in [6.07, 6.45) is 3.03. The van der Waals surface area contributed by atoms with Crippen LogP contribution in [0, 0.1) is 6.92 Å². The summed E-state index contributed by atoms with van der Waals surface area (Å²) in [6, 6.07) is 5.54. The van der Waals surface area contributed by atoms with Crippen molar-refractivity contribution in [2.75, 3.05) is 24.7 Å². The van der Waals surface area contributed by atoms with Crippen LogP contribution in [0.15, 0.2) is 22.7 Å². The average Bonchev–Trinajstić information content (AvgIpc) is 2.41. The normalized spacial score (nSPS) is 11.7. The molecule has 1 aromatic rings. The van der Waals surface area contributed by atoms with Crippen molar-refractivity contribution in [2.24, 2.45) is 0 Å². The van der Waals surface area contributed by atoms with Gasteiger partial charge in [0.25, 0.3) is 0 Å². The Morgan fingerprint density at radius 1 is 1.32 bits per heavy atom. The Bertz CT molecular complexity index is 617. The zero-order valence-corrected chi connectivity index (χ0v) is 15.6. The molecule has 5 nitrogen and oxygen atoms in total. The number of carbonyl (C=O) groups is 1. The van der Waals surface area contributed by atoms with Gasteiger partial charge in [0.1, 0.15) is 0 Å². The molecule has 124 valence electrons. The molecule has 1 aromatic carbocycles. The quantitative estimate of drug-likeness (QED) is 0.740. The van der Waals surface area contributed by atoms with Gasteiger partial charge < -0.3 is 5.32 Å². The van der Waals surface area contributed by atoms with Gasteiger partial charge in [-0.3, -0.25) is 4.79 Å². The molecular weight excluding hydrogens is 368 g/mol. The van der Waals surface area contributed by atoms with Crippen molar-refractivity contribution in [3.63, 3.8) is 0 Å². The van der Waals surface area contributed by atoms with E-state index in [1.807, 2.05) is 26.0 Å². The SMILES string of the molecule is CCCCN(CCC(=O)Nc1ccc(Br)c(C)c1)S(C)(=O)=O. The molecule has 0 atom stereocenters. The second kappa shape index (κ2) is 8.64. The minimum atomic E-state index is -3.27. The van der Waals surface area contributed by atoms with Crippen molar-refractivity contribution in [2.45, 2.75) is 33.1 Å². The number of nitrogens with one attached hydrogen (secondary N) is 1. The van der Waals surface area contributed by atoms with Crippen molar-refractivity contribution in [3.8, 4) is 0 Å². The summed E-state index contributed by atoms with van der Waals surface area (Å²) in [7, 11) is -3.27. The fourth-order valence-electron chi connectivity index (χ4n) is 1.95.